The van der Waals surface area contributed by atoms with Gasteiger partial charge in [0.2, 0.25) is 0 Å². The van der Waals surface area contributed by atoms with Gasteiger partial charge in [0.25, 0.3) is 0 Å². The van der Waals surface area contributed by atoms with E-state index in [1.807, 2.05) is 0 Å². The van der Waals surface area contributed by atoms with Crippen LogP contribution in [-0.2, 0) is 21.4 Å². The Hall–Kier alpha value is -1.68. The summed E-state index contributed by atoms with van der Waals surface area (Å²) in [7, 11) is -3.86. The molecule has 0 atom stereocenters. The van der Waals surface area contributed by atoms with Crippen LogP contribution in [0.4, 0.5) is 4.79 Å². The zero-order chi connectivity index (χ0) is 13.4. The molecule has 18 heavy (non-hydrogen) atoms. The normalized spacial score (nSPS) is 11.2. The number of H-pyrrole nitrogens is 1. The SMILES string of the molecule is CCOC(=O)NS(=O)(=O)NCCCc1ncn[nH]1. The first-order valence-electron chi connectivity index (χ1n) is 5.32. The van der Waals surface area contributed by atoms with Crippen LogP contribution in [0, 0.1) is 0 Å². The molecule has 102 valence electrons. The summed E-state index contributed by atoms with van der Waals surface area (Å²) in [6.45, 7) is 1.86. The van der Waals surface area contributed by atoms with Gasteiger partial charge in [0.15, 0.2) is 0 Å². The Balaban J connectivity index is 2.23. The van der Waals surface area contributed by atoms with Gasteiger partial charge in [0, 0.05) is 13.0 Å². The van der Waals surface area contributed by atoms with Crippen LogP contribution >= 0.6 is 0 Å². The molecular weight excluding hydrogens is 262 g/mol. The molecular formula is C8H15N5O4S. The van der Waals surface area contributed by atoms with Gasteiger partial charge in [-0.3, -0.25) is 5.10 Å². The lowest BCUT2D eigenvalue weighted by atomic mass is 10.3. The minimum absolute atomic E-state index is 0.104. The maximum absolute atomic E-state index is 11.3. The predicted molar refractivity (Wildman–Crippen MR) is 61.8 cm³/mol. The van der Waals surface area contributed by atoms with E-state index in [4.69, 9.17) is 0 Å². The summed E-state index contributed by atoms with van der Waals surface area (Å²) in [5.41, 5.74) is 0. The van der Waals surface area contributed by atoms with Crippen LogP contribution in [0.2, 0.25) is 0 Å². The Kier molecular flexibility index (Phi) is 5.52. The third-order valence-electron chi connectivity index (χ3n) is 1.84. The number of hydrogen-bond donors (Lipinski definition) is 3. The standard InChI is InChI=1S/C8H15N5O4S/c1-2-17-8(14)13-18(15,16)11-5-3-4-7-9-6-10-12-7/h6,11H,2-5H2,1H3,(H,13,14)(H,9,10,12). The lowest BCUT2D eigenvalue weighted by Crippen LogP contribution is -2.41. The second-order valence-corrected chi connectivity index (χ2v) is 4.76. The zero-order valence-electron chi connectivity index (χ0n) is 9.84. The molecule has 9 nitrogen and oxygen atoms in total. The van der Waals surface area contributed by atoms with E-state index in [-0.39, 0.29) is 13.2 Å². The molecule has 0 radical (unpaired) electrons. The highest BCUT2D eigenvalue weighted by molar-refractivity contribution is 7.88. The number of hydrogen-bond acceptors (Lipinski definition) is 6. The van der Waals surface area contributed by atoms with Gasteiger partial charge >= 0.3 is 16.3 Å². The van der Waals surface area contributed by atoms with E-state index in [0.29, 0.717) is 18.7 Å². The summed E-state index contributed by atoms with van der Waals surface area (Å²) < 4.78 is 31.0. The van der Waals surface area contributed by atoms with Gasteiger partial charge in [-0.2, -0.15) is 18.2 Å². The Labute approximate surface area is 105 Å². The summed E-state index contributed by atoms with van der Waals surface area (Å²) in [6, 6.07) is 0. The van der Waals surface area contributed by atoms with Crippen molar-refractivity contribution < 1.29 is 17.9 Å². The minimum Gasteiger partial charge on any atom is -0.449 e. The third-order valence-corrected chi connectivity index (χ3v) is 2.86. The molecule has 3 N–H and O–H groups in total. The van der Waals surface area contributed by atoms with Crippen LogP contribution in [0.3, 0.4) is 0 Å². The van der Waals surface area contributed by atoms with E-state index in [9.17, 15) is 13.2 Å². The fourth-order valence-electron chi connectivity index (χ4n) is 1.12. The number of aryl methyl sites for hydroxylation is 1. The first-order chi connectivity index (χ1) is 8.53. The molecule has 0 spiro atoms. The lowest BCUT2D eigenvalue weighted by molar-refractivity contribution is 0.158. The van der Waals surface area contributed by atoms with Crippen molar-refractivity contribution in [2.24, 2.45) is 0 Å². The van der Waals surface area contributed by atoms with E-state index >= 15 is 0 Å². The van der Waals surface area contributed by atoms with Crippen molar-refractivity contribution in [1.82, 2.24) is 24.6 Å². The fraction of sp³-hybridized carbons (Fsp3) is 0.625. The number of aromatic nitrogens is 3. The first kappa shape index (κ1) is 14.4. The molecule has 0 saturated heterocycles. The summed E-state index contributed by atoms with van der Waals surface area (Å²) in [6.07, 6.45) is 1.46. The molecule has 1 aromatic heterocycles. The molecule has 0 aliphatic rings. The van der Waals surface area contributed by atoms with Crippen molar-refractivity contribution in [3.05, 3.63) is 12.2 Å². The Bertz CT molecular complexity index is 458. The van der Waals surface area contributed by atoms with Crippen molar-refractivity contribution in [3.8, 4) is 0 Å². The van der Waals surface area contributed by atoms with Crippen LogP contribution in [0.1, 0.15) is 19.2 Å². The number of nitrogens with one attached hydrogen (secondary N) is 3. The largest absolute Gasteiger partial charge is 0.449 e. The van der Waals surface area contributed by atoms with Crippen molar-refractivity contribution in [3.63, 3.8) is 0 Å². The number of carbonyl (C=O) groups is 1. The van der Waals surface area contributed by atoms with Crippen molar-refractivity contribution in [2.75, 3.05) is 13.2 Å². The van der Waals surface area contributed by atoms with E-state index in [1.165, 1.54) is 6.33 Å². The number of carbonyl (C=O) groups excluding carboxylic acids is 1. The second kappa shape index (κ2) is 6.91. The van der Waals surface area contributed by atoms with Gasteiger partial charge in [-0.25, -0.2) is 14.5 Å². The van der Waals surface area contributed by atoms with Crippen LogP contribution < -0.4 is 9.44 Å². The van der Waals surface area contributed by atoms with Crippen LogP contribution in [0.5, 0.6) is 0 Å². The predicted octanol–water partition coefficient (Wildman–Crippen LogP) is -0.682. The summed E-state index contributed by atoms with van der Waals surface area (Å²) in [4.78, 5) is 14.8. The molecule has 10 heteroatoms. The Morgan fingerprint density at radius 1 is 1.56 bits per heavy atom. The molecule has 1 amide bonds. The van der Waals surface area contributed by atoms with Gasteiger partial charge in [-0.05, 0) is 13.3 Å². The number of nitrogens with zero attached hydrogens (tertiary/aromatic N) is 2. The number of ether oxygens (including phenoxy) is 1. The third kappa shape index (κ3) is 5.59. The Morgan fingerprint density at radius 2 is 2.33 bits per heavy atom. The van der Waals surface area contributed by atoms with Crippen molar-refractivity contribution >= 4 is 16.3 Å². The van der Waals surface area contributed by atoms with Gasteiger partial charge in [-0.15, -0.1) is 0 Å². The molecule has 0 fully saturated rings. The zero-order valence-corrected chi connectivity index (χ0v) is 10.7. The molecule has 1 heterocycles. The minimum atomic E-state index is -3.86. The van der Waals surface area contributed by atoms with Gasteiger partial charge in [0.05, 0.1) is 6.61 Å². The summed E-state index contributed by atoms with van der Waals surface area (Å²) in [5, 5.41) is 6.32. The van der Waals surface area contributed by atoms with E-state index in [2.05, 4.69) is 24.6 Å². The summed E-state index contributed by atoms with van der Waals surface area (Å²) >= 11 is 0. The highest BCUT2D eigenvalue weighted by Gasteiger charge is 2.13. The smallest absolute Gasteiger partial charge is 0.421 e. The summed E-state index contributed by atoms with van der Waals surface area (Å²) in [5.74, 6) is 0.674. The molecule has 0 saturated carbocycles. The maximum atomic E-state index is 11.3. The fourth-order valence-corrected chi connectivity index (χ4v) is 1.88. The lowest BCUT2D eigenvalue weighted by Gasteiger charge is -2.07. The molecule has 0 unspecified atom stereocenters. The molecule has 0 bridgehead atoms. The van der Waals surface area contributed by atoms with Gasteiger partial charge in [-0.1, -0.05) is 0 Å². The number of rotatable bonds is 7. The number of amides is 1. The molecule has 1 rings (SSSR count). The molecule has 1 aromatic rings. The quantitative estimate of drug-likeness (QED) is 0.567. The molecule has 0 aromatic carbocycles. The maximum Gasteiger partial charge on any atom is 0.421 e. The average molecular weight is 277 g/mol. The molecule has 0 aliphatic carbocycles. The van der Waals surface area contributed by atoms with E-state index in [0.717, 1.165) is 0 Å². The monoisotopic (exact) mass is 277 g/mol. The van der Waals surface area contributed by atoms with Gasteiger partial charge < -0.3 is 4.74 Å². The highest BCUT2D eigenvalue weighted by Crippen LogP contribution is 1.92. The van der Waals surface area contributed by atoms with Crippen molar-refractivity contribution in [2.45, 2.75) is 19.8 Å². The van der Waals surface area contributed by atoms with Gasteiger partial charge in [0.1, 0.15) is 12.2 Å². The topological polar surface area (TPSA) is 126 Å². The van der Waals surface area contributed by atoms with Crippen LogP contribution in [0.15, 0.2) is 6.33 Å². The Morgan fingerprint density at radius 3 is 2.94 bits per heavy atom. The van der Waals surface area contributed by atoms with E-state index < -0.39 is 16.3 Å². The number of aromatic amines is 1. The van der Waals surface area contributed by atoms with E-state index in [1.54, 1.807) is 11.6 Å². The first-order valence-corrected chi connectivity index (χ1v) is 6.80. The second-order valence-electron chi connectivity index (χ2n) is 3.26. The van der Waals surface area contributed by atoms with Crippen LogP contribution in [0.25, 0.3) is 0 Å². The van der Waals surface area contributed by atoms with Crippen LogP contribution in [-0.4, -0.2) is 42.8 Å². The average Bonchev–Trinajstić information content (AvgIpc) is 2.76. The molecule has 0 aliphatic heterocycles. The van der Waals surface area contributed by atoms with Crippen molar-refractivity contribution in [1.29, 1.82) is 0 Å². The highest BCUT2D eigenvalue weighted by atomic mass is 32.2.